The van der Waals surface area contributed by atoms with Crippen molar-refractivity contribution < 1.29 is 4.74 Å². The number of benzene rings is 1. The zero-order valence-corrected chi connectivity index (χ0v) is 18.6. The van der Waals surface area contributed by atoms with Gasteiger partial charge in [0, 0.05) is 37.7 Å². The fraction of sp³-hybridized carbons (Fsp3) is 0.480. The highest BCUT2D eigenvalue weighted by molar-refractivity contribution is 5.59. The normalized spacial score (nSPS) is 22.0. The van der Waals surface area contributed by atoms with Crippen LogP contribution in [0, 0.1) is 5.92 Å². The summed E-state index contributed by atoms with van der Waals surface area (Å²) in [5, 5.41) is 3.52. The average Bonchev–Trinajstić information content (AvgIpc) is 3.19. The van der Waals surface area contributed by atoms with E-state index in [1.807, 2.05) is 47.2 Å². The Balaban J connectivity index is 1.51. The third-order valence-corrected chi connectivity index (χ3v) is 6.78. The Kier molecular flexibility index (Phi) is 6.08. The minimum absolute atomic E-state index is 0.0347. The Labute approximate surface area is 188 Å². The lowest BCUT2D eigenvalue weighted by atomic mass is 9.87. The second kappa shape index (κ2) is 9.28. The molecule has 1 aliphatic carbocycles. The van der Waals surface area contributed by atoms with Crippen LogP contribution >= 0.6 is 0 Å². The largest absolute Gasteiger partial charge is 0.381 e. The zero-order chi connectivity index (χ0) is 21.9. The summed E-state index contributed by atoms with van der Waals surface area (Å²) >= 11 is 0. The molecule has 3 heterocycles. The molecule has 168 valence electrons. The molecule has 2 aliphatic rings. The van der Waals surface area contributed by atoms with Crippen LogP contribution in [0.15, 0.2) is 53.6 Å². The van der Waals surface area contributed by atoms with Gasteiger partial charge in [0.05, 0.1) is 17.1 Å². The molecule has 7 heteroatoms. The van der Waals surface area contributed by atoms with Crippen LogP contribution in [-0.2, 0) is 4.74 Å². The molecule has 1 aromatic carbocycles. The van der Waals surface area contributed by atoms with Gasteiger partial charge in [-0.2, -0.15) is 0 Å². The van der Waals surface area contributed by atoms with E-state index in [0.717, 1.165) is 48.7 Å². The van der Waals surface area contributed by atoms with E-state index in [4.69, 9.17) is 9.72 Å². The van der Waals surface area contributed by atoms with E-state index >= 15 is 0 Å². The van der Waals surface area contributed by atoms with E-state index in [9.17, 15) is 4.79 Å². The van der Waals surface area contributed by atoms with Crippen LogP contribution in [0.3, 0.4) is 0 Å². The number of nitrogens with zero attached hydrogens (tertiary/aromatic N) is 4. The predicted molar refractivity (Wildman–Crippen MR) is 125 cm³/mol. The first-order valence-electron chi connectivity index (χ1n) is 11.8. The number of para-hydroxylation sites is 1. The minimum atomic E-state index is -0.0347. The number of anilines is 1. The topological polar surface area (TPSA) is 74.0 Å². The van der Waals surface area contributed by atoms with Gasteiger partial charge in [-0.05, 0) is 62.6 Å². The Morgan fingerprint density at radius 3 is 2.50 bits per heavy atom. The number of aromatic nitrogens is 4. The molecule has 1 N–H and O–H groups in total. The molecule has 3 aromatic rings. The van der Waals surface area contributed by atoms with E-state index in [-0.39, 0.29) is 11.7 Å². The van der Waals surface area contributed by atoms with Crippen LogP contribution in [0.1, 0.15) is 51.5 Å². The molecule has 2 aromatic heterocycles. The summed E-state index contributed by atoms with van der Waals surface area (Å²) < 4.78 is 9.14. The molecule has 0 unspecified atom stereocenters. The van der Waals surface area contributed by atoms with E-state index in [2.05, 4.69) is 17.2 Å². The third-order valence-electron chi connectivity index (χ3n) is 6.78. The minimum Gasteiger partial charge on any atom is -0.381 e. The van der Waals surface area contributed by atoms with Crippen molar-refractivity contribution in [1.82, 2.24) is 19.1 Å². The number of nitrogens with one attached hydrogen (secondary N) is 1. The summed E-state index contributed by atoms with van der Waals surface area (Å²) in [4.78, 5) is 22.8. The SMILES string of the molecule is CC1CCC(Nc2nccc(-c3cn(C4CCOCC4)c(=O)n3-c3ccccc3)n2)CC1. The Morgan fingerprint density at radius 1 is 1.00 bits per heavy atom. The quantitative estimate of drug-likeness (QED) is 0.644. The van der Waals surface area contributed by atoms with Crippen molar-refractivity contribution in [2.45, 2.75) is 57.5 Å². The van der Waals surface area contributed by atoms with Crippen molar-refractivity contribution in [2.75, 3.05) is 18.5 Å². The third kappa shape index (κ3) is 4.35. The number of hydrogen-bond acceptors (Lipinski definition) is 5. The number of ether oxygens (including phenoxy) is 1. The lowest BCUT2D eigenvalue weighted by molar-refractivity contribution is 0.0686. The molecular formula is C25H31N5O2. The molecule has 0 atom stereocenters. The average molecular weight is 434 g/mol. The molecule has 2 fully saturated rings. The number of hydrogen-bond donors (Lipinski definition) is 1. The molecule has 0 amide bonds. The van der Waals surface area contributed by atoms with Crippen LogP contribution in [0.5, 0.6) is 0 Å². The lowest BCUT2D eigenvalue weighted by Gasteiger charge is -2.26. The lowest BCUT2D eigenvalue weighted by Crippen LogP contribution is -2.30. The zero-order valence-electron chi connectivity index (χ0n) is 18.6. The van der Waals surface area contributed by atoms with Gasteiger partial charge in [-0.3, -0.25) is 9.13 Å². The first-order chi connectivity index (χ1) is 15.7. The maximum atomic E-state index is 13.5. The standard InChI is InChI=1S/C25H31N5O2/c1-18-7-9-19(10-8-18)27-24-26-14-11-22(28-24)23-17-29(20-12-15-32-16-13-20)25(31)30(23)21-5-3-2-4-6-21/h2-6,11,14,17-20H,7-10,12-13,15-16H2,1H3,(H,26,27,28). The van der Waals surface area contributed by atoms with Gasteiger partial charge in [0.15, 0.2) is 0 Å². The fourth-order valence-corrected chi connectivity index (χ4v) is 4.85. The van der Waals surface area contributed by atoms with E-state index in [1.54, 1.807) is 10.8 Å². The van der Waals surface area contributed by atoms with Crippen molar-refractivity contribution in [1.29, 1.82) is 0 Å². The second-order valence-corrected chi connectivity index (χ2v) is 9.09. The Bertz CT molecular complexity index is 1090. The van der Waals surface area contributed by atoms with Crippen molar-refractivity contribution in [3.63, 3.8) is 0 Å². The van der Waals surface area contributed by atoms with E-state index in [1.165, 1.54) is 12.8 Å². The van der Waals surface area contributed by atoms with Crippen LogP contribution < -0.4 is 11.0 Å². The second-order valence-electron chi connectivity index (χ2n) is 9.09. The molecule has 0 radical (unpaired) electrons. The van der Waals surface area contributed by atoms with Crippen molar-refractivity contribution >= 4 is 5.95 Å². The monoisotopic (exact) mass is 433 g/mol. The number of rotatable bonds is 5. The van der Waals surface area contributed by atoms with Gasteiger partial charge >= 0.3 is 5.69 Å². The maximum Gasteiger partial charge on any atom is 0.333 e. The maximum absolute atomic E-state index is 13.5. The molecule has 1 saturated heterocycles. The number of imidazole rings is 1. The van der Waals surface area contributed by atoms with Crippen LogP contribution in [0.25, 0.3) is 17.1 Å². The first kappa shape index (κ1) is 20.9. The van der Waals surface area contributed by atoms with Gasteiger partial charge in [0.25, 0.3) is 0 Å². The van der Waals surface area contributed by atoms with Crippen LogP contribution in [-0.4, -0.2) is 38.4 Å². The summed E-state index contributed by atoms with van der Waals surface area (Å²) in [7, 11) is 0. The van der Waals surface area contributed by atoms with Gasteiger partial charge in [0.1, 0.15) is 0 Å². The summed E-state index contributed by atoms with van der Waals surface area (Å²) in [5.74, 6) is 1.43. The highest BCUT2D eigenvalue weighted by Gasteiger charge is 2.24. The van der Waals surface area contributed by atoms with Gasteiger partial charge in [-0.1, -0.05) is 25.1 Å². The van der Waals surface area contributed by atoms with Crippen molar-refractivity contribution in [3.8, 4) is 17.1 Å². The Morgan fingerprint density at radius 2 is 1.75 bits per heavy atom. The van der Waals surface area contributed by atoms with Crippen molar-refractivity contribution in [3.05, 3.63) is 59.3 Å². The van der Waals surface area contributed by atoms with Gasteiger partial charge in [0.2, 0.25) is 5.95 Å². The molecule has 0 spiro atoms. The first-order valence-corrected chi connectivity index (χ1v) is 11.8. The predicted octanol–water partition coefficient (Wildman–Crippen LogP) is 4.44. The highest BCUT2D eigenvalue weighted by atomic mass is 16.5. The summed E-state index contributed by atoms with van der Waals surface area (Å²) in [6.45, 7) is 3.69. The van der Waals surface area contributed by atoms with E-state index < -0.39 is 0 Å². The van der Waals surface area contributed by atoms with Crippen molar-refractivity contribution in [2.24, 2.45) is 5.92 Å². The smallest absolute Gasteiger partial charge is 0.333 e. The van der Waals surface area contributed by atoms with Gasteiger partial charge in [-0.15, -0.1) is 0 Å². The molecule has 0 bridgehead atoms. The Hall–Kier alpha value is -2.93. The highest BCUT2D eigenvalue weighted by Crippen LogP contribution is 2.28. The molecule has 7 nitrogen and oxygen atoms in total. The summed E-state index contributed by atoms with van der Waals surface area (Å²) in [6, 6.07) is 12.2. The van der Waals surface area contributed by atoms with Gasteiger partial charge in [-0.25, -0.2) is 14.8 Å². The molecule has 1 saturated carbocycles. The van der Waals surface area contributed by atoms with E-state index in [0.29, 0.717) is 25.2 Å². The van der Waals surface area contributed by atoms with Crippen LogP contribution in [0.4, 0.5) is 5.95 Å². The molecule has 5 rings (SSSR count). The fourth-order valence-electron chi connectivity index (χ4n) is 4.85. The van der Waals surface area contributed by atoms with Gasteiger partial charge < -0.3 is 10.1 Å². The summed E-state index contributed by atoms with van der Waals surface area (Å²) in [5.41, 5.74) is 2.34. The molecule has 32 heavy (non-hydrogen) atoms. The van der Waals surface area contributed by atoms with Crippen LogP contribution in [0.2, 0.25) is 0 Å². The molecule has 1 aliphatic heterocycles. The molecular weight excluding hydrogens is 402 g/mol. The summed E-state index contributed by atoms with van der Waals surface area (Å²) in [6.07, 6.45) is 10.2.